The number of benzene rings is 2. The van der Waals surface area contributed by atoms with Gasteiger partial charge in [-0.1, -0.05) is 18.2 Å². The van der Waals surface area contributed by atoms with Gasteiger partial charge in [0, 0.05) is 17.5 Å². The number of hydrazone groups is 1. The largest absolute Gasteiger partial charge is 0.507 e. The fraction of sp³-hybridized carbons (Fsp3) is 0.133. The van der Waals surface area contributed by atoms with Crippen molar-refractivity contribution in [2.75, 3.05) is 0 Å². The Kier molecular flexibility index (Phi) is 3.10. The third-order valence-corrected chi connectivity index (χ3v) is 3.30. The number of hydrogen-bond acceptors (Lipinski definition) is 3. The van der Waals surface area contributed by atoms with Crippen LogP contribution in [0.15, 0.2) is 47.6 Å². The quantitative estimate of drug-likeness (QED) is 0.883. The number of hydrogen-bond donors (Lipinski definition) is 2. The van der Waals surface area contributed by atoms with Crippen molar-refractivity contribution in [1.29, 1.82) is 0 Å². The number of nitrogens with one attached hydrogen (secondary N) is 1. The Bertz CT molecular complexity index is 685. The first-order chi connectivity index (χ1) is 9.65. The van der Waals surface area contributed by atoms with E-state index < -0.39 is 5.82 Å². The highest BCUT2D eigenvalue weighted by atomic mass is 19.1. The molecule has 0 bridgehead atoms. The molecule has 0 amide bonds. The van der Waals surface area contributed by atoms with Crippen molar-refractivity contribution in [3.8, 4) is 5.75 Å². The molecule has 2 aromatic carbocycles. The summed E-state index contributed by atoms with van der Waals surface area (Å²) in [6.45, 7) is 0. The fourth-order valence-electron chi connectivity index (χ4n) is 2.29. The molecule has 3 nitrogen and oxygen atoms in total. The van der Waals surface area contributed by atoms with Crippen molar-refractivity contribution in [3.05, 3.63) is 65.2 Å². The molecule has 2 aromatic rings. The Morgan fingerprint density at radius 1 is 1.15 bits per heavy atom. The minimum absolute atomic E-state index is 0.0406. The number of rotatable bonds is 2. The van der Waals surface area contributed by atoms with Crippen molar-refractivity contribution >= 4 is 5.71 Å². The monoisotopic (exact) mass is 274 g/mol. The second-order valence-electron chi connectivity index (χ2n) is 4.63. The molecular formula is C15H12F2N2O. The maximum Gasteiger partial charge on any atom is 0.128 e. The summed E-state index contributed by atoms with van der Waals surface area (Å²) in [7, 11) is 0. The minimum Gasteiger partial charge on any atom is -0.507 e. The molecule has 0 spiro atoms. The molecule has 0 saturated heterocycles. The number of phenolic OH excluding ortho intramolecular Hbond substituents is 1. The van der Waals surface area contributed by atoms with E-state index in [1.165, 1.54) is 24.3 Å². The van der Waals surface area contributed by atoms with Gasteiger partial charge in [0.05, 0.1) is 11.8 Å². The SMILES string of the molecule is Oc1ccc(F)cc1C1=NN[C@H](c2ccccc2F)C1. The number of phenols is 1. The van der Waals surface area contributed by atoms with Crippen molar-refractivity contribution in [1.82, 2.24) is 5.43 Å². The highest BCUT2D eigenvalue weighted by Gasteiger charge is 2.25. The van der Waals surface area contributed by atoms with Crippen LogP contribution in [0.25, 0.3) is 0 Å². The maximum absolute atomic E-state index is 13.7. The second-order valence-corrected chi connectivity index (χ2v) is 4.63. The molecule has 0 radical (unpaired) electrons. The van der Waals surface area contributed by atoms with E-state index in [4.69, 9.17) is 0 Å². The molecule has 5 heteroatoms. The topological polar surface area (TPSA) is 44.6 Å². The van der Waals surface area contributed by atoms with Crippen LogP contribution in [-0.4, -0.2) is 10.8 Å². The summed E-state index contributed by atoms with van der Waals surface area (Å²) in [4.78, 5) is 0. The highest BCUT2D eigenvalue weighted by Crippen LogP contribution is 2.29. The van der Waals surface area contributed by atoms with Gasteiger partial charge in [-0.15, -0.1) is 0 Å². The molecule has 0 saturated carbocycles. The lowest BCUT2D eigenvalue weighted by Crippen LogP contribution is -2.11. The van der Waals surface area contributed by atoms with E-state index >= 15 is 0 Å². The van der Waals surface area contributed by atoms with Crippen molar-refractivity contribution in [2.24, 2.45) is 5.10 Å². The van der Waals surface area contributed by atoms with Gasteiger partial charge in [0.25, 0.3) is 0 Å². The molecule has 102 valence electrons. The van der Waals surface area contributed by atoms with Crippen LogP contribution in [-0.2, 0) is 0 Å². The molecule has 1 atom stereocenters. The smallest absolute Gasteiger partial charge is 0.128 e. The van der Waals surface area contributed by atoms with Gasteiger partial charge in [-0.3, -0.25) is 0 Å². The Morgan fingerprint density at radius 3 is 2.75 bits per heavy atom. The van der Waals surface area contributed by atoms with Crippen LogP contribution < -0.4 is 5.43 Å². The molecule has 1 aliphatic heterocycles. The maximum atomic E-state index is 13.7. The molecule has 1 heterocycles. The Hall–Kier alpha value is -2.43. The summed E-state index contributed by atoms with van der Waals surface area (Å²) in [5, 5.41) is 13.8. The summed E-state index contributed by atoms with van der Waals surface area (Å²) >= 11 is 0. The molecule has 1 aliphatic rings. The molecule has 0 fully saturated rings. The molecule has 20 heavy (non-hydrogen) atoms. The van der Waals surface area contributed by atoms with Crippen LogP contribution >= 0.6 is 0 Å². The van der Waals surface area contributed by atoms with E-state index in [-0.39, 0.29) is 17.6 Å². The average Bonchev–Trinajstić information content (AvgIpc) is 2.91. The summed E-state index contributed by atoms with van der Waals surface area (Å²) in [6.07, 6.45) is 0.387. The Morgan fingerprint density at radius 2 is 1.95 bits per heavy atom. The van der Waals surface area contributed by atoms with E-state index in [9.17, 15) is 13.9 Å². The summed E-state index contributed by atoms with van der Waals surface area (Å²) < 4.78 is 27.0. The van der Waals surface area contributed by atoms with E-state index in [1.54, 1.807) is 18.2 Å². The van der Waals surface area contributed by atoms with Crippen molar-refractivity contribution < 1.29 is 13.9 Å². The Balaban J connectivity index is 1.86. The van der Waals surface area contributed by atoms with Crippen molar-refractivity contribution in [3.63, 3.8) is 0 Å². The highest BCUT2D eigenvalue weighted by molar-refractivity contribution is 6.03. The zero-order chi connectivity index (χ0) is 14.1. The molecule has 3 rings (SSSR count). The summed E-state index contributed by atoms with van der Waals surface area (Å²) in [5.41, 5.74) is 4.16. The van der Waals surface area contributed by atoms with Gasteiger partial charge in [0.15, 0.2) is 0 Å². The second kappa shape index (κ2) is 4.92. The van der Waals surface area contributed by atoms with Gasteiger partial charge in [0.2, 0.25) is 0 Å². The van der Waals surface area contributed by atoms with Crippen LogP contribution in [0.3, 0.4) is 0 Å². The lowest BCUT2D eigenvalue weighted by Gasteiger charge is -2.11. The summed E-state index contributed by atoms with van der Waals surface area (Å²) in [6, 6.07) is 9.80. The van der Waals surface area contributed by atoms with Crippen LogP contribution in [0.1, 0.15) is 23.6 Å². The lowest BCUT2D eigenvalue weighted by molar-refractivity contribution is 0.471. The molecule has 0 aromatic heterocycles. The third kappa shape index (κ3) is 2.22. The predicted molar refractivity (Wildman–Crippen MR) is 71.5 cm³/mol. The van der Waals surface area contributed by atoms with E-state index in [1.807, 2.05) is 0 Å². The average molecular weight is 274 g/mol. The van der Waals surface area contributed by atoms with Crippen LogP contribution in [0.5, 0.6) is 5.75 Å². The molecule has 0 aliphatic carbocycles. The standard InChI is InChI=1S/C15H12F2N2O/c16-9-5-6-15(20)11(7-9)14-8-13(18-19-14)10-3-1-2-4-12(10)17/h1-7,13,18,20H,8H2/t13-/m0/s1. The van der Waals surface area contributed by atoms with E-state index in [0.29, 0.717) is 23.3 Å². The first kappa shape index (κ1) is 12.6. The zero-order valence-corrected chi connectivity index (χ0v) is 10.5. The van der Waals surface area contributed by atoms with E-state index in [2.05, 4.69) is 10.5 Å². The first-order valence-electron chi connectivity index (χ1n) is 6.20. The van der Waals surface area contributed by atoms with Crippen LogP contribution in [0, 0.1) is 11.6 Å². The normalized spacial score (nSPS) is 17.7. The molecule has 2 N–H and O–H groups in total. The summed E-state index contributed by atoms with van der Waals surface area (Å²) in [5.74, 6) is -0.805. The predicted octanol–water partition coefficient (Wildman–Crippen LogP) is 3.11. The van der Waals surface area contributed by atoms with Gasteiger partial charge < -0.3 is 10.5 Å². The molecule has 0 unspecified atom stereocenters. The molecular weight excluding hydrogens is 262 g/mol. The van der Waals surface area contributed by atoms with Crippen LogP contribution in [0.4, 0.5) is 8.78 Å². The minimum atomic E-state index is -0.449. The third-order valence-electron chi connectivity index (χ3n) is 3.30. The van der Waals surface area contributed by atoms with Gasteiger partial charge in [-0.25, -0.2) is 8.78 Å². The van der Waals surface area contributed by atoms with Gasteiger partial charge in [-0.2, -0.15) is 5.10 Å². The van der Waals surface area contributed by atoms with Crippen LogP contribution in [0.2, 0.25) is 0 Å². The van der Waals surface area contributed by atoms with Gasteiger partial charge in [0.1, 0.15) is 17.4 Å². The first-order valence-corrected chi connectivity index (χ1v) is 6.20. The van der Waals surface area contributed by atoms with E-state index in [0.717, 1.165) is 0 Å². The lowest BCUT2D eigenvalue weighted by atomic mass is 9.98. The van der Waals surface area contributed by atoms with Crippen molar-refractivity contribution in [2.45, 2.75) is 12.5 Å². The fourth-order valence-corrected chi connectivity index (χ4v) is 2.29. The zero-order valence-electron chi connectivity index (χ0n) is 10.5. The Labute approximate surface area is 114 Å². The number of aromatic hydroxyl groups is 1. The number of halogens is 2. The van der Waals surface area contributed by atoms with Gasteiger partial charge in [-0.05, 0) is 24.3 Å². The number of nitrogens with zero attached hydrogens (tertiary/aromatic N) is 1. The van der Waals surface area contributed by atoms with Gasteiger partial charge >= 0.3 is 0 Å².